The molecule has 1 heterocycles. The molecule has 1 rings (SSSR count). The number of thiophene rings is 1. The minimum absolute atomic E-state index is 0.0818. The lowest BCUT2D eigenvalue weighted by atomic mass is 10.1. The molecule has 0 unspecified atom stereocenters. The van der Waals surface area contributed by atoms with Crippen molar-refractivity contribution < 1.29 is 9.90 Å². The molecule has 0 aliphatic rings. The number of amides is 1. The first-order valence-electron chi connectivity index (χ1n) is 6.16. The first-order chi connectivity index (χ1) is 8.87. The van der Waals surface area contributed by atoms with Crippen LogP contribution in [0.5, 0.6) is 0 Å². The van der Waals surface area contributed by atoms with Gasteiger partial charge in [-0.2, -0.15) is 0 Å². The maximum absolute atomic E-state index is 12.3. The maximum atomic E-state index is 12.3. The average Bonchev–Trinajstić information content (AvgIpc) is 2.80. The van der Waals surface area contributed by atoms with Crippen LogP contribution in [0, 0.1) is 11.8 Å². The van der Waals surface area contributed by atoms with E-state index in [-0.39, 0.29) is 5.91 Å². The lowest BCUT2D eigenvalue weighted by molar-refractivity contribution is 0.0315. The predicted molar refractivity (Wildman–Crippen MR) is 78.1 cm³/mol. The van der Waals surface area contributed by atoms with Crippen molar-refractivity contribution in [3.63, 3.8) is 0 Å². The van der Waals surface area contributed by atoms with Crippen LogP contribution in [0.4, 0.5) is 0 Å². The molecule has 0 bridgehead atoms. The summed E-state index contributed by atoms with van der Waals surface area (Å²) in [6.07, 6.45) is 0. The van der Waals surface area contributed by atoms with Crippen molar-refractivity contribution in [3.8, 4) is 11.8 Å². The maximum Gasteiger partial charge on any atom is 0.254 e. The number of carbonyl (C=O) groups excluding carboxylic acids is 1. The molecule has 0 radical (unpaired) electrons. The van der Waals surface area contributed by atoms with E-state index in [9.17, 15) is 9.90 Å². The van der Waals surface area contributed by atoms with Crippen molar-refractivity contribution >= 4 is 17.2 Å². The Bertz CT molecular complexity index is 492. The molecule has 3 N–H and O–H groups in total. The average molecular weight is 280 g/mol. The molecule has 1 aromatic heterocycles. The molecule has 5 heteroatoms. The zero-order valence-electron chi connectivity index (χ0n) is 11.6. The molecule has 19 heavy (non-hydrogen) atoms. The number of nitrogens with two attached hydrogens (primary N) is 1. The van der Waals surface area contributed by atoms with Crippen LogP contribution in [0.25, 0.3) is 0 Å². The fourth-order valence-electron chi connectivity index (χ4n) is 1.63. The highest BCUT2D eigenvalue weighted by atomic mass is 32.1. The Morgan fingerprint density at radius 2 is 2.26 bits per heavy atom. The van der Waals surface area contributed by atoms with Gasteiger partial charge in [0.15, 0.2) is 0 Å². The third-order valence-electron chi connectivity index (χ3n) is 2.41. The van der Waals surface area contributed by atoms with Crippen LogP contribution < -0.4 is 5.73 Å². The van der Waals surface area contributed by atoms with Crippen LogP contribution in [0.1, 0.15) is 36.0 Å². The molecular formula is C14H20N2O2S. The molecule has 0 atom stereocenters. The van der Waals surface area contributed by atoms with Gasteiger partial charge < -0.3 is 15.7 Å². The largest absolute Gasteiger partial charge is 0.389 e. The van der Waals surface area contributed by atoms with Gasteiger partial charge in [0, 0.05) is 18.5 Å². The topological polar surface area (TPSA) is 66.6 Å². The lowest BCUT2D eigenvalue weighted by Gasteiger charge is -2.27. The van der Waals surface area contributed by atoms with Gasteiger partial charge in [0.1, 0.15) is 0 Å². The van der Waals surface area contributed by atoms with Gasteiger partial charge in [-0.05, 0) is 26.8 Å². The molecule has 4 nitrogen and oxygen atoms in total. The Kier molecular flexibility index (Phi) is 5.55. The second-order valence-electron chi connectivity index (χ2n) is 4.84. The molecular weight excluding hydrogens is 260 g/mol. The van der Waals surface area contributed by atoms with Crippen molar-refractivity contribution in [2.24, 2.45) is 5.73 Å². The quantitative estimate of drug-likeness (QED) is 0.817. The second-order valence-corrected chi connectivity index (χ2v) is 5.75. The summed E-state index contributed by atoms with van der Waals surface area (Å²) >= 11 is 1.42. The van der Waals surface area contributed by atoms with Crippen LogP contribution in [-0.2, 0) is 0 Å². The smallest absolute Gasteiger partial charge is 0.254 e. The van der Waals surface area contributed by atoms with E-state index >= 15 is 0 Å². The molecule has 104 valence electrons. The Labute approximate surface area is 118 Å². The molecule has 0 aliphatic heterocycles. The van der Waals surface area contributed by atoms with Gasteiger partial charge in [-0.1, -0.05) is 11.8 Å². The van der Waals surface area contributed by atoms with Crippen molar-refractivity contribution in [1.82, 2.24) is 4.90 Å². The van der Waals surface area contributed by atoms with E-state index in [2.05, 4.69) is 11.8 Å². The zero-order chi connectivity index (χ0) is 14.5. The predicted octanol–water partition coefficient (Wildman–Crippen LogP) is 1.29. The molecule has 1 amide bonds. The Morgan fingerprint density at radius 3 is 2.79 bits per heavy atom. The van der Waals surface area contributed by atoms with E-state index in [4.69, 9.17) is 5.73 Å². The molecule has 0 aromatic carbocycles. The fourth-order valence-corrected chi connectivity index (χ4v) is 2.38. The van der Waals surface area contributed by atoms with Crippen LogP contribution in [0.3, 0.4) is 0 Å². The summed E-state index contributed by atoms with van der Waals surface area (Å²) in [7, 11) is 0. The first kappa shape index (κ1) is 15.7. The summed E-state index contributed by atoms with van der Waals surface area (Å²) in [6, 6.07) is 1.77. The van der Waals surface area contributed by atoms with Gasteiger partial charge in [0.2, 0.25) is 0 Å². The monoisotopic (exact) mass is 280 g/mol. The Morgan fingerprint density at radius 1 is 1.58 bits per heavy atom. The summed E-state index contributed by atoms with van der Waals surface area (Å²) in [5.74, 6) is 5.59. The molecule has 0 spiro atoms. The van der Waals surface area contributed by atoms with E-state index in [1.807, 2.05) is 6.92 Å². The Balaban J connectivity index is 2.83. The number of hydrogen-bond acceptors (Lipinski definition) is 4. The highest BCUT2D eigenvalue weighted by molar-refractivity contribution is 7.10. The molecule has 0 saturated carbocycles. The molecule has 0 saturated heterocycles. The van der Waals surface area contributed by atoms with Gasteiger partial charge in [-0.3, -0.25) is 4.79 Å². The minimum atomic E-state index is -0.899. The van der Waals surface area contributed by atoms with Crippen molar-refractivity contribution in [2.45, 2.75) is 26.4 Å². The van der Waals surface area contributed by atoms with E-state index in [1.165, 1.54) is 11.3 Å². The summed E-state index contributed by atoms with van der Waals surface area (Å²) in [6.45, 7) is 6.44. The standard InChI is InChI=1S/C14H20N2O2S/c1-4-16(10-14(2,3)18)13(17)11-8-12(19-9-11)6-5-7-15/h8-9,18H,4,7,10,15H2,1-3H3. The van der Waals surface area contributed by atoms with Crippen molar-refractivity contribution in [3.05, 3.63) is 21.9 Å². The number of nitrogens with zero attached hydrogens (tertiary/aromatic N) is 1. The van der Waals surface area contributed by atoms with Gasteiger partial charge >= 0.3 is 0 Å². The van der Waals surface area contributed by atoms with Crippen LogP contribution in [0.2, 0.25) is 0 Å². The van der Waals surface area contributed by atoms with Crippen molar-refractivity contribution in [2.75, 3.05) is 19.6 Å². The van der Waals surface area contributed by atoms with Crippen LogP contribution in [-0.4, -0.2) is 41.1 Å². The fraction of sp³-hybridized carbons (Fsp3) is 0.500. The third-order valence-corrected chi connectivity index (χ3v) is 3.25. The van der Waals surface area contributed by atoms with Crippen LogP contribution >= 0.6 is 11.3 Å². The SMILES string of the molecule is CCN(CC(C)(C)O)C(=O)c1csc(C#CCN)c1. The molecule has 1 aromatic rings. The normalized spacial score (nSPS) is 10.8. The summed E-state index contributed by atoms with van der Waals surface area (Å²) in [5.41, 5.74) is 5.02. The molecule has 0 aliphatic carbocycles. The highest BCUT2D eigenvalue weighted by Gasteiger charge is 2.22. The first-order valence-corrected chi connectivity index (χ1v) is 7.04. The van der Waals surface area contributed by atoms with E-state index < -0.39 is 5.60 Å². The Hall–Kier alpha value is -1.35. The van der Waals surface area contributed by atoms with E-state index in [1.54, 1.807) is 30.2 Å². The number of carbonyl (C=O) groups is 1. The summed E-state index contributed by atoms with van der Waals surface area (Å²) < 4.78 is 0. The van der Waals surface area contributed by atoms with Gasteiger partial charge in [0.25, 0.3) is 5.91 Å². The summed E-state index contributed by atoms with van der Waals surface area (Å²) in [4.78, 5) is 14.7. The van der Waals surface area contributed by atoms with Gasteiger partial charge in [-0.15, -0.1) is 11.3 Å². The lowest BCUT2D eigenvalue weighted by Crippen LogP contribution is -2.42. The van der Waals surface area contributed by atoms with E-state index in [0.717, 1.165) is 4.88 Å². The summed E-state index contributed by atoms with van der Waals surface area (Å²) in [5, 5.41) is 11.6. The van der Waals surface area contributed by atoms with Crippen LogP contribution in [0.15, 0.2) is 11.4 Å². The number of rotatable bonds is 4. The highest BCUT2D eigenvalue weighted by Crippen LogP contribution is 2.17. The minimum Gasteiger partial charge on any atom is -0.389 e. The second kappa shape index (κ2) is 6.71. The number of likely N-dealkylation sites (N-methyl/N-ethyl adjacent to an activating group) is 1. The van der Waals surface area contributed by atoms with Crippen molar-refractivity contribution in [1.29, 1.82) is 0 Å². The van der Waals surface area contributed by atoms with Gasteiger partial charge in [-0.25, -0.2) is 0 Å². The van der Waals surface area contributed by atoms with E-state index in [0.29, 0.717) is 25.2 Å². The van der Waals surface area contributed by atoms with Gasteiger partial charge in [0.05, 0.1) is 22.6 Å². The third kappa shape index (κ3) is 5.03. The zero-order valence-corrected chi connectivity index (χ0v) is 12.4. The number of hydrogen-bond donors (Lipinski definition) is 2. The number of aliphatic hydroxyl groups is 1. The molecule has 0 fully saturated rings.